The van der Waals surface area contributed by atoms with Crippen LogP contribution in [0.15, 0.2) is 48.0 Å². The van der Waals surface area contributed by atoms with Crippen molar-refractivity contribution < 1.29 is 4.92 Å². The minimum Gasteiger partial charge on any atom is -0.350 e. The lowest BCUT2D eigenvalue weighted by Gasteiger charge is -2.29. The highest BCUT2D eigenvalue weighted by Crippen LogP contribution is 2.40. The van der Waals surface area contributed by atoms with E-state index >= 15 is 0 Å². The number of anilines is 1. The monoisotopic (exact) mass is 421 g/mol. The molecule has 1 aliphatic heterocycles. The van der Waals surface area contributed by atoms with E-state index in [0.29, 0.717) is 5.82 Å². The lowest BCUT2D eigenvalue weighted by Crippen LogP contribution is -2.31. The molecule has 1 aromatic carbocycles. The first-order valence-corrected chi connectivity index (χ1v) is 11.2. The predicted molar refractivity (Wildman–Crippen MR) is 122 cm³/mol. The summed E-state index contributed by atoms with van der Waals surface area (Å²) in [6.45, 7) is 3.38. The zero-order valence-electron chi connectivity index (χ0n) is 15.9. The van der Waals surface area contributed by atoms with E-state index in [4.69, 9.17) is 0 Å². The molecule has 1 aliphatic rings. The Morgan fingerprint density at radius 2 is 1.90 bits per heavy atom. The Labute approximate surface area is 176 Å². The normalized spacial score (nSPS) is 14.7. The van der Waals surface area contributed by atoms with Crippen molar-refractivity contribution in [2.45, 2.75) is 19.8 Å². The number of aromatic nitrogens is 1. The third-order valence-corrected chi connectivity index (χ3v) is 7.67. The Balaban J connectivity index is 1.37. The lowest BCUT2D eigenvalue weighted by molar-refractivity contribution is -0.384. The number of piperidine rings is 1. The van der Waals surface area contributed by atoms with Gasteiger partial charge in [0.1, 0.15) is 0 Å². The molecule has 1 saturated heterocycles. The van der Waals surface area contributed by atoms with Crippen molar-refractivity contribution in [2.75, 3.05) is 18.0 Å². The van der Waals surface area contributed by atoms with E-state index in [1.807, 2.05) is 34.5 Å². The number of hydrogen-bond donors (Lipinski definition) is 0. The molecule has 0 atom stereocenters. The number of thiophene rings is 2. The average Bonchev–Trinajstić information content (AvgIpc) is 3.25. The number of rotatable bonds is 3. The molecule has 3 aromatic heterocycles. The summed E-state index contributed by atoms with van der Waals surface area (Å²) in [7, 11) is 0. The van der Waals surface area contributed by atoms with E-state index in [1.54, 1.807) is 12.1 Å². The van der Waals surface area contributed by atoms with E-state index in [-0.39, 0.29) is 10.6 Å². The fourth-order valence-electron chi connectivity index (χ4n) is 3.85. The maximum absolute atomic E-state index is 11.4. The van der Waals surface area contributed by atoms with Crippen LogP contribution in [0.2, 0.25) is 0 Å². The van der Waals surface area contributed by atoms with Crippen LogP contribution in [0.4, 0.5) is 11.5 Å². The van der Waals surface area contributed by atoms with Gasteiger partial charge in [0.25, 0.3) is 0 Å². The Hall–Kier alpha value is -2.77. The molecule has 29 heavy (non-hydrogen) atoms. The zero-order valence-corrected chi connectivity index (χ0v) is 17.6. The number of nitrogens with zero attached hydrogens (tertiary/aromatic N) is 3. The van der Waals surface area contributed by atoms with Gasteiger partial charge in [-0.1, -0.05) is 23.8 Å². The van der Waals surface area contributed by atoms with Crippen molar-refractivity contribution in [3.8, 4) is 0 Å². The molecule has 7 heteroatoms. The Morgan fingerprint density at radius 3 is 2.69 bits per heavy atom. The van der Waals surface area contributed by atoms with E-state index in [2.05, 4.69) is 41.4 Å². The van der Waals surface area contributed by atoms with Gasteiger partial charge >= 0.3 is 5.69 Å². The molecule has 5 rings (SSSR count). The maximum atomic E-state index is 11.4. The van der Waals surface area contributed by atoms with E-state index < -0.39 is 0 Å². The van der Waals surface area contributed by atoms with E-state index in [1.165, 1.54) is 29.9 Å². The van der Waals surface area contributed by atoms with Gasteiger partial charge in [0.05, 0.1) is 9.62 Å². The quantitative estimate of drug-likeness (QED) is 0.283. The summed E-state index contributed by atoms with van der Waals surface area (Å²) in [5.74, 6) is 0.497. The molecular formula is C22H19N3O2S2. The largest absolute Gasteiger partial charge is 0.350 e. The summed E-state index contributed by atoms with van der Waals surface area (Å²) in [5.41, 5.74) is 2.29. The summed E-state index contributed by atoms with van der Waals surface area (Å²) in [4.78, 5) is 18.8. The summed E-state index contributed by atoms with van der Waals surface area (Å²) >= 11 is 3.70. The SMILES string of the molecule is Cc1ccc([N+](=O)[O-])c(N2CCC(=Cc3cc4sc5ccccc5c4s3)CC2)n1. The van der Waals surface area contributed by atoms with Crippen molar-refractivity contribution in [1.29, 1.82) is 0 Å². The Bertz CT molecular complexity index is 1260. The van der Waals surface area contributed by atoms with Crippen molar-refractivity contribution >= 4 is 59.7 Å². The van der Waals surface area contributed by atoms with E-state index in [0.717, 1.165) is 31.6 Å². The van der Waals surface area contributed by atoms with Crippen LogP contribution < -0.4 is 4.90 Å². The van der Waals surface area contributed by atoms with Crippen molar-refractivity contribution in [3.63, 3.8) is 0 Å². The summed E-state index contributed by atoms with van der Waals surface area (Å²) in [5, 5.41) is 12.7. The minimum absolute atomic E-state index is 0.0911. The van der Waals surface area contributed by atoms with Crippen molar-refractivity contribution in [1.82, 2.24) is 4.98 Å². The molecule has 0 bridgehead atoms. The molecule has 146 valence electrons. The highest BCUT2D eigenvalue weighted by atomic mass is 32.1. The molecule has 5 nitrogen and oxygen atoms in total. The lowest BCUT2D eigenvalue weighted by atomic mass is 10.0. The van der Waals surface area contributed by atoms with Gasteiger partial charge in [-0.25, -0.2) is 4.98 Å². The number of pyridine rings is 1. The molecule has 4 heterocycles. The number of aryl methyl sites for hydroxylation is 1. The third-order valence-electron chi connectivity index (χ3n) is 5.31. The Morgan fingerprint density at radius 1 is 1.10 bits per heavy atom. The fourth-order valence-corrected chi connectivity index (χ4v) is 6.38. The van der Waals surface area contributed by atoms with Gasteiger partial charge < -0.3 is 4.90 Å². The average molecular weight is 422 g/mol. The second kappa shape index (κ2) is 7.24. The number of fused-ring (bicyclic) bond motifs is 3. The zero-order chi connectivity index (χ0) is 20.0. The molecule has 0 unspecified atom stereocenters. The van der Waals surface area contributed by atoms with Gasteiger partial charge in [0.2, 0.25) is 5.82 Å². The van der Waals surface area contributed by atoms with Gasteiger partial charge in [-0.3, -0.25) is 10.1 Å². The molecule has 0 saturated carbocycles. The van der Waals surface area contributed by atoms with Crippen LogP contribution in [-0.2, 0) is 0 Å². The van der Waals surface area contributed by atoms with Crippen molar-refractivity contribution in [2.24, 2.45) is 0 Å². The van der Waals surface area contributed by atoms with Gasteiger partial charge in [0.15, 0.2) is 0 Å². The molecule has 0 amide bonds. The fraction of sp³-hybridized carbons (Fsp3) is 0.227. The third kappa shape index (κ3) is 3.41. The van der Waals surface area contributed by atoms with Gasteiger partial charge in [0, 0.05) is 44.5 Å². The van der Waals surface area contributed by atoms with Crippen LogP contribution in [0.3, 0.4) is 0 Å². The van der Waals surface area contributed by atoms with Crippen LogP contribution >= 0.6 is 22.7 Å². The van der Waals surface area contributed by atoms with Crippen LogP contribution in [-0.4, -0.2) is 23.0 Å². The van der Waals surface area contributed by atoms with Crippen LogP contribution in [0.5, 0.6) is 0 Å². The first-order valence-electron chi connectivity index (χ1n) is 9.56. The predicted octanol–water partition coefficient (Wildman–Crippen LogP) is 6.41. The van der Waals surface area contributed by atoms with Gasteiger partial charge in [-0.15, -0.1) is 22.7 Å². The second-order valence-corrected chi connectivity index (χ2v) is 9.45. The smallest absolute Gasteiger partial charge is 0.311 e. The summed E-state index contributed by atoms with van der Waals surface area (Å²) in [6.07, 6.45) is 4.11. The molecule has 4 aromatic rings. The number of nitro groups is 1. The first kappa shape index (κ1) is 18.3. The van der Waals surface area contributed by atoms with Crippen LogP contribution in [0.25, 0.3) is 25.6 Å². The highest BCUT2D eigenvalue weighted by molar-refractivity contribution is 7.33. The van der Waals surface area contributed by atoms with Crippen molar-refractivity contribution in [3.05, 3.63) is 68.7 Å². The van der Waals surface area contributed by atoms with Crippen LogP contribution in [0.1, 0.15) is 23.4 Å². The minimum atomic E-state index is -0.337. The highest BCUT2D eigenvalue weighted by Gasteiger charge is 2.24. The van der Waals surface area contributed by atoms with Gasteiger partial charge in [-0.2, -0.15) is 0 Å². The molecule has 0 N–H and O–H groups in total. The second-order valence-electron chi connectivity index (χ2n) is 7.28. The topological polar surface area (TPSA) is 59.3 Å². The summed E-state index contributed by atoms with van der Waals surface area (Å²) < 4.78 is 4.06. The van der Waals surface area contributed by atoms with E-state index in [9.17, 15) is 10.1 Å². The molecule has 0 aliphatic carbocycles. The molecule has 1 fully saturated rings. The summed E-state index contributed by atoms with van der Waals surface area (Å²) in [6, 6.07) is 14.1. The standard InChI is InChI=1S/C22H19N3O2S2/c1-14-6-7-18(25(26)27)22(23-14)24-10-8-15(9-11-24)12-16-13-20-21(28-16)17-4-2-3-5-19(17)29-20/h2-7,12-13H,8-11H2,1H3. The van der Waals surface area contributed by atoms with Gasteiger partial charge in [-0.05, 0) is 44.0 Å². The first-order chi connectivity index (χ1) is 14.1. The number of benzene rings is 1. The maximum Gasteiger partial charge on any atom is 0.311 e. The van der Waals surface area contributed by atoms with Crippen LogP contribution in [0, 0.1) is 17.0 Å². The molecule has 0 radical (unpaired) electrons. The Kier molecular flexibility index (Phi) is 4.56. The number of hydrogen-bond acceptors (Lipinski definition) is 6. The molecular weight excluding hydrogens is 402 g/mol. The molecule has 0 spiro atoms.